The van der Waals surface area contributed by atoms with Crippen LogP contribution in [0.3, 0.4) is 0 Å². The predicted molar refractivity (Wildman–Crippen MR) is 367 cm³/mol. The number of nitrogens with zero attached hydrogens (tertiary/aromatic N) is 1. The first kappa shape index (κ1) is 82.2. The van der Waals surface area contributed by atoms with E-state index < -0.39 is 26.6 Å². The van der Waals surface area contributed by atoms with Gasteiger partial charge in [-0.25, -0.2) is 0 Å². The molecule has 0 radical (unpaired) electrons. The van der Waals surface area contributed by atoms with E-state index in [-0.39, 0.29) is 24.9 Å². The van der Waals surface area contributed by atoms with Crippen molar-refractivity contribution in [2.75, 3.05) is 40.9 Å². The summed E-state index contributed by atoms with van der Waals surface area (Å²) in [6.45, 7) is 6.73. The van der Waals surface area contributed by atoms with Crippen molar-refractivity contribution in [1.29, 1.82) is 0 Å². The number of carbonyl (C=O) groups is 2. The number of nitrogens with one attached hydrogen (secondary N) is 1. The van der Waals surface area contributed by atoms with Crippen molar-refractivity contribution in [3.05, 3.63) is 85.1 Å². The first-order chi connectivity index (χ1) is 41.4. The van der Waals surface area contributed by atoms with Crippen molar-refractivity contribution >= 4 is 19.7 Å². The lowest BCUT2D eigenvalue weighted by atomic mass is 10.0. The van der Waals surface area contributed by atoms with Crippen LogP contribution in [-0.4, -0.2) is 69.4 Å². The fourth-order valence-electron chi connectivity index (χ4n) is 10.4. The van der Waals surface area contributed by atoms with Crippen LogP contribution in [0.4, 0.5) is 0 Å². The Morgan fingerprint density at radius 1 is 0.424 bits per heavy atom. The number of ether oxygens (including phenoxy) is 1. The highest BCUT2D eigenvalue weighted by molar-refractivity contribution is 7.45. The molecule has 0 heterocycles. The second kappa shape index (κ2) is 64.2. The van der Waals surface area contributed by atoms with Crippen LogP contribution < -0.4 is 10.2 Å². The molecule has 0 rings (SSSR count). The molecule has 0 aromatic heterocycles. The van der Waals surface area contributed by atoms with Crippen LogP contribution in [0, 0.1) is 0 Å². The van der Waals surface area contributed by atoms with Gasteiger partial charge in [-0.15, -0.1) is 0 Å². The molecule has 10 heteroatoms. The van der Waals surface area contributed by atoms with Crippen molar-refractivity contribution in [3.8, 4) is 0 Å². The molecular weight excluding hydrogens is 1070 g/mol. The Morgan fingerprint density at radius 2 is 0.753 bits per heavy atom. The van der Waals surface area contributed by atoms with Crippen LogP contribution in [0.15, 0.2) is 85.1 Å². The van der Waals surface area contributed by atoms with E-state index in [0.29, 0.717) is 23.9 Å². The van der Waals surface area contributed by atoms with E-state index in [2.05, 4.69) is 99.0 Å². The summed E-state index contributed by atoms with van der Waals surface area (Å²) in [6.07, 6.45) is 85.9. The largest absolute Gasteiger partial charge is 0.756 e. The third kappa shape index (κ3) is 65.5. The maximum atomic E-state index is 13.6. The van der Waals surface area contributed by atoms with E-state index >= 15 is 0 Å². The summed E-state index contributed by atoms with van der Waals surface area (Å²) >= 11 is 0. The summed E-state index contributed by atoms with van der Waals surface area (Å²) < 4.78 is 30.4. The van der Waals surface area contributed by atoms with Crippen molar-refractivity contribution < 1.29 is 37.3 Å². The van der Waals surface area contributed by atoms with Crippen LogP contribution in [0.2, 0.25) is 0 Å². The molecule has 0 aliphatic heterocycles. The van der Waals surface area contributed by atoms with E-state index in [1.165, 1.54) is 199 Å². The Kier molecular flexibility index (Phi) is 62.1. The molecule has 3 unspecified atom stereocenters. The smallest absolute Gasteiger partial charge is 0.306 e. The van der Waals surface area contributed by atoms with Gasteiger partial charge in [0.2, 0.25) is 5.91 Å². The molecule has 0 saturated heterocycles. The number of amides is 1. The average molecular weight is 1210 g/mol. The molecule has 494 valence electrons. The number of carbonyl (C=O) groups excluding carboxylic acids is 2. The minimum absolute atomic E-state index is 0.0312. The fraction of sp³-hybridized carbons (Fsp3) is 0.787. The molecule has 1 amide bonds. The Balaban J connectivity index is 5.03. The van der Waals surface area contributed by atoms with Crippen LogP contribution in [0.25, 0.3) is 0 Å². The van der Waals surface area contributed by atoms with Gasteiger partial charge in [0.25, 0.3) is 7.82 Å². The van der Waals surface area contributed by atoms with E-state index in [0.717, 1.165) is 89.9 Å². The van der Waals surface area contributed by atoms with Gasteiger partial charge >= 0.3 is 5.97 Å². The molecule has 0 bridgehead atoms. The van der Waals surface area contributed by atoms with E-state index in [4.69, 9.17) is 13.8 Å². The maximum Gasteiger partial charge on any atom is 0.306 e. The van der Waals surface area contributed by atoms with E-state index in [1.54, 1.807) is 0 Å². The number of hydrogen-bond acceptors (Lipinski definition) is 7. The number of phosphoric ester groups is 1. The highest BCUT2D eigenvalue weighted by Gasteiger charge is 2.27. The lowest BCUT2D eigenvalue weighted by molar-refractivity contribution is -0.870. The highest BCUT2D eigenvalue weighted by Crippen LogP contribution is 2.38. The van der Waals surface area contributed by atoms with Crippen LogP contribution in [0.5, 0.6) is 0 Å². The zero-order chi connectivity index (χ0) is 62.1. The quantitative estimate of drug-likeness (QED) is 0.0212. The zero-order valence-corrected chi connectivity index (χ0v) is 57.4. The number of hydrogen-bond donors (Lipinski definition) is 1. The molecule has 0 saturated carbocycles. The Morgan fingerprint density at radius 3 is 1.14 bits per heavy atom. The van der Waals surface area contributed by atoms with Crippen molar-refractivity contribution in [2.24, 2.45) is 0 Å². The molecule has 0 aromatic carbocycles. The Hall–Kier alpha value is -2.81. The number of esters is 1. The second-order valence-electron chi connectivity index (χ2n) is 25.4. The summed E-state index contributed by atoms with van der Waals surface area (Å²) in [6, 6.07) is -0.909. The first-order valence-corrected chi connectivity index (χ1v) is 37.4. The molecule has 0 aliphatic rings. The highest BCUT2D eigenvalue weighted by atomic mass is 31.2. The minimum atomic E-state index is -4.72. The summed E-state index contributed by atoms with van der Waals surface area (Å²) in [7, 11) is 1.16. The molecular formula is C75H137N2O7P. The molecule has 0 spiro atoms. The molecule has 9 nitrogen and oxygen atoms in total. The lowest BCUT2D eigenvalue weighted by Crippen LogP contribution is -2.47. The minimum Gasteiger partial charge on any atom is -0.756 e. The molecule has 3 atom stereocenters. The van der Waals surface area contributed by atoms with Gasteiger partial charge in [0, 0.05) is 12.8 Å². The number of unbranched alkanes of at least 4 members (excludes halogenated alkanes) is 37. The van der Waals surface area contributed by atoms with E-state index in [1.807, 2.05) is 33.3 Å². The number of likely N-dealkylation sites (N-methyl/N-ethyl adjacent to an activating group) is 1. The van der Waals surface area contributed by atoms with Gasteiger partial charge in [-0.3, -0.25) is 14.2 Å². The van der Waals surface area contributed by atoms with Gasteiger partial charge in [-0.2, -0.15) is 0 Å². The molecule has 0 aliphatic carbocycles. The van der Waals surface area contributed by atoms with Gasteiger partial charge in [-0.05, 0) is 83.1 Å². The Bertz CT molecular complexity index is 1730. The average Bonchev–Trinajstić information content (AvgIpc) is 3.63. The summed E-state index contributed by atoms with van der Waals surface area (Å²) in [5.74, 6) is -0.584. The summed E-state index contributed by atoms with van der Waals surface area (Å²) in [5.41, 5.74) is 0. The topological polar surface area (TPSA) is 114 Å². The van der Waals surface area contributed by atoms with Crippen LogP contribution in [-0.2, 0) is 27.9 Å². The molecule has 0 aromatic rings. The third-order valence-corrected chi connectivity index (χ3v) is 16.8. The monoisotopic (exact) mass is 1210 g/mol. The molecule has 85 heavy (non-hydrogen) atoms. The van der Waals surface area contributed by atoms with Crippen LogP contribution >= 0.6 is 7.82 Å². The third-order valence-electron chi connectivity index (χ3n) is 15.8. The summed E-state index contributed by atoms with van der Waals surface area (Å²) in [5, 5.41) is 3.03. The van der Waals surface area contributed by atoms with E-state index in [9.17, 15) is 19.0 Å². The fourth-order valence-corrected chi connectivity index (χ4v) is 11.1. The van der Waals surface area contributed by atoms with Gasteiger partial charge in [0.15, 0.2) is 0 Å². The van der Waals surface area contributed by atoms with Gasteiger partial charge < -0.3 is 28.5 Å². The number of quaternary nitrogens is 1. The number of allylic oxidation sites excluding steroid dienone is 13. The van der Waals surface area contributed by atoms with Crippen molar-refractivity contribution in [3.63, 3.8) is 0 Å². The first-order valence-electron chi connectivity index (χ1n) is 35.9. The lowest BCUT2D eigenvalue weighted by Gasteiger charge is -2.30. The number of rotatable bonds is 65. The number of phosphoric acid groups is 1. The van der Waals surface area contributed by atoms with Gasteiger partial charge in [0.05, 0.1) is 33.8 Å². The zero-order valence-electron chi connectivity index (χ0n) is 56.6. The second-order valence-corrected chi connectivity index (χ2v) is 26.8. The van der Waals surface area contributed by atoms with Crippen molar-refractivity contribution in [2.45, 2.75) is 341 Å². The normalized spacial score (nSPS) is 14.0. The summed E-state index contributed by atoms with van der Waals surface area (Å²) in [4.78, 5) is 40.1. The predicted octanol–water partition coefficient (Wildman–Crippen LogP) is 22.3. The van der Waals surface area contributed by atoms with Gasteiger partial charge in [-0.1, -0.05) is 318 Å². The molecule has 1 N–H and O–H groups in total. The maximum absolute atomic E-state index is 13.6. The Labute approximate surface area is 526 Å². The SMILES string of the molecule is CC/C=C\C/C=C\C/C=C\C/C=C\C/C=C\C/C=C\CCCCC(=O)OC(/C=C/CCCCCCCCCCC)C(COP(=O)([O-])OCC[N+](C)(C)C)NC(=O)CCCCCCCCCCCCCCCCCCCCCCCCCCCCC. The molecule has 0 fully saturated rings. The standard InChI is InChI=1S/C75H137N2O7P/c1-7-10-13-16-19-22-25-27-29-31-33-35-36-37-38-39-40-42-43-45-47-49-52-55-58-61-64-67-74(78)76-72(71-83-85(80,81)82-70-69-77(4,5)6)73(66-63-60-57-54-51-24-21-18-15-12-9-3)84-75(79)68-65-62-59-56-53-50-48-46-44-41-34-32-30-28-26-23-20-17-14-11-8-2/h11,14,20,23,28,30,34,41,46,48,53,56,63,66,72-73H,7-10,12-13,15-19,21-22,24-27,29,31-33,35-40,42-45,47,49-52,54-55,57-62,64-65,67-71H2,1-6H3,(H-,76,78,80,81)/b14-11-,23-20-,30-28-,41-34-,48-46-,56-53-,66-63+. The van der Waals surface area contributed by atoms with Crippen molar-refractivity contribution in [1.82, 2.24) is 5.32 Å². The van der Waals surface area contributed by atoms with Crippen LogP contribution in [0.1, 0.15) is 329 Å². The van der Waals surface area contributed by atoms with Gasteiger partial charge in [0.1, 0.15) is 19.3 Å².